The molecule has 6 atom stereocenters. The molecule has 8 heteroatoms. The number of unbranched alkanes of at least 4 members (excludes halogenated alkanes) is 1. The Hall–Kier alpha value is -2.19. The summed E-state index contributed by atoms with van der Waals surface area (Å²) in [4.78, 5) is 44.8. The zero-order valence-corrected chi connectivity index (χ0v) is 21.7. The maximum absolute atomic E-state index is 14.1. The number of carbonyl (C=O) groups excluding carboxylic acids is 3. The molecule has 3 aliphatic heterocycles. The van der Waals surface area contributed by atoms with Crippen LogP contribution in [-0.4, -0.2) is 81.8 Å². The molecule has 1 spiro atoms. The van der Waals surface area contributed by atoms with Gasteiger partial charge in [-0.25, -0.2) is 0 Å². The van der Waals surface area contributed by atoms with E-state index in [4.69, 9.17) is 9.47 Å². The quantitative estimate of drug-likeness (QED) is 0.242. The van der Waals surface area contributed by atoms with Crippen LogP contribution in [0.2, 0.25) is 0 Å². The first kappa shape index (κ1) is 27.4. The summed E-state index contributed by atoms with van der Waals surface area (Å²) in [6.45, 7) is 15.5. The second-order valence-corrected chi connectivity index (χ2v) is 10.3. The van der Waals surface area contributed by atoms with Gasteiger partial charge >= 0.3 is 5.97 Å². The van der Waals surface area contributed by atoms with Crippen LogP contribution < -0.4 is 0 Å². The fourth-order valence-electron chi connectivity index (χ4n) is 6.44. The highest BCUT2D eigenvalue weighted by Gasteiger charge is 2.79. The SMILES string of the molecule is C=CCCCOC(=O)[C@@H]1[C@H]2C(=O)N([C@@H](CC)CO)C(C(=O)N(CC=C)C(C)C)C23CC[C@@]1(CC)O3. The predicted octanol–water partition coefficient (Wildman–Crippen LogP) is 2.84. The number of amides is 2. The van der Waals surface area contributed by atoms with Gasteiger partial charge in [-0.2, -0.15) is 0 Å². The van der Waals surface area contributed by atoms with Crippen molar-refractivity contribution < 1.29 is 29.0 Å². The van der Waals surface area contributed by atoms with E-state index in [-0.39, 0.29) is 31.1 Å². The average molecular weight is 491 g/mol. The maximum Gasteiger partial charge on any atom is 0.312 e. The molecular formula is C27H42N2O6. The van der Waals surface area contributed by atoms with Crippen LogP contribution in [0.15, 0.2) is 25.3 Å². The summed E-state index contributed by atoms with van der Waals surface area (Å²) in [5.74, 6) is -2.55. The number of carbonyl (C=O) groups is 3. The van der Waals surface area contributed by atoms with Crippen molar-refractivity contribution in [1.82, 2.24) is 9.80 Å². The van der Waals surface area contributed by atoms with Crippen LogP contribution in [0.5, 0.6) is 0 Å². The first-order valence-electron chi connectivity index (χ1n) is 13.0. The number of likely N-dealkylation sites (tertiary alicyclic amines) is 1. The smallest absolute Gasteiger partial charge is 0.312 e. The van der Waals surface area contributed by atoms with Crippen LogP contribution in [0, 0.1) is 11.8 Å². The zero-order chi connectivity index (χ0) is 26.0. The zero-order valence-electron chi connectivity index (χ0n) is 21.7. The topological polar surface area (TPSA) is 96.4 Å². The number of aliphatic hydroxyl groups excluding tert-OH is 1. The molecule has 196 valence electrons. The van der Waals surface area contributed by atoms with Crippen LogP contribution in [0.3, 0.4) is 0 Å². The molecule has 2 bridgehead atoms. The van der Waals surface area contributed by atoms with Gasteiger partial charge in [-0.1, -0.05) is 26.0 Å². The highest BCUT2D eigenvalue weighted by atomic mass is 16.6. The number of rotatable bonds is 13. The van der Waals surface area contributed by atoms with E-state index in [0.29, 0.717) is 38.6 Å². The number of nitrogens with zero attached hydrogens (tertiary/aromatic N) is 2. The Morgan fingerprint density at radius 1 is 1.29 bits per heavy atom. The molecule has 0 aromatic heterocycles. The molecule has 8 nitrogen and oxygen atoms in total. The molecule has 3 heterocycles. The van der Waals surface area contributed by atoms with Crippen LogP contribution in [0.1, 0.15) is 66.2 Å². The van der Waals surface area contributed by atoms with E-state index < -0.39 is 41.1 Å². The number of ether oxygens (including phenoxy) is 2. The van der Waals surface area contributed by atoms with Gasteiger partial charge in [0.15, 0.2) is 0 Å². The summed E-state index contributed by atoms with van der Waals surface area (Å²) in [6, 6.07) is -1.57. The van der Waals surface area contributed by atoms with Crippen molar-refractivity contribution in [1.29, 1.82) is 0 Å². The standard InChI is InChI=1S/C27H42N2O6/c1-7-11-12-16-34-25(33)21-20-23(31)29(19(9-3)17-30)22(24(32)28(15-8-2)18(5)6)27(20)14-13-26(21,10-4)35-27/h7-8,18-22,30H,1-2,9-17H2,3-6H3/t19-,20-,21-,22?,26+,27?/m0/s1. The number of esters is 1. The van der Waals surface area contributed by atoms with E-state index >= 15 is 0 Å². The summed E-state index contributed by atoms with van der Waals surface area (Å²) in [5, 5.41) is 10.1. The highest BCUT2D eigenvalue weighted by molar-refractivity contribution is 5.98. The Labute approximate surface area is 209 Å². The van der Waals surface area contributed by atoms with Crippen LogP contribution >= 0.6 is 0 Å². The molecule has 3 rings (SSSR count). The van der Waals surface area contributed by atoms with Crippen molar-refractivity contribution in [3.8, 4) is 0 Å². The molecule has 0 aliphatic carbocycles. The summed E-state index contributed by atoms with van der Waals surface area (Å²) < 4.78 is 12.4. The van der Waals surface area contributed by atoms with Gasteiger partial charge in [0, 0.05) is 12.6 Å². The minimum Gasteiger partial charge on any atom is -0.465 e. The van der Waals surface area contributed by atoms with Gasteiger partial charge in [-0.15, -0.1) is 13.2 Å². The molecule has 0 aromatic carbocycles. The Bertz CT molecular complexity index is 840. The van der Waals surface area contributed by atoms with E-state index in [2.05, 4.69) is 13.2 Å². The summed E-state index contributed by atoms with van der Waals surface area (Å²) in [6.07, 6.45) is 6.94. The number of aliphatic hydroxyl groups is 1. The lowest BCUT2D eigenvalue weighted by Crippen LogP contribution is -2.59. The van der Waals surface area contributed by atoms with Crippen LogP contribution in [-0.2, 0) is 23.9 Å². The molecule has 0 radical (unpaired) electrons. The lowest BCUT2D eigenvalue weighted by molar-refractivity contribution is -0.164. The van der Waals surface area contributed by atoms with Gasteiger partial charge in [0.2, 0.25) is 11.8 Å². The third kappa shape index (κ3) is 4.33. The van der Waals surface area contributed by atoms with E-state index in [0.717, 1.165) is 6.42 Å². The third-order valence-electron chi connectivity index (χ3n) is 8.21. The molecule has 2 unspecified atom stereocenters. The van der Waals surface area contributed by atoms with Crippen LogP contribution in [0.25, 0.3) is 0 Å². The Kier molecular flexibility index (Phi) is 8.48. The van der Waals surface area contributed by atoms with Gasteiger partial charge in [-0.05, 0) is 52.4 Å². The molecule has 2 amide bonds. The summed E-state index contributed by atoms with van der Waals surface area (Å²) >= 11 is 0. The molecule has 0 aromatic rings. The van der Waals surface area contributed by atoms with E-state index in [1.165, 1.54) is 4.90 Å². The van der Waals surface area contributed by atoms with E-state index in [1.807, 2.05) is 27.7 Å². The van der Waals surface area contributed by atoms with E-state index in [1.54, 1.807) is 17.1 Å². The number of hydrogen-bond donors (Lipinski definition) is 1. The highest BCUT2D eigenvalue weighted by Crippen LogP contribution is 2.65. The predicted molar refractivity (Wildman–Crippen MR) is 132 cm³/mol. The Balaban J connectivity index is 2.07. The number of fused-ring (bicyclic) bond motifs is 1. The van der Waals surface area contributed by atoms with Crippen molar-refractivity contribution in [2.45, 2.75) is 95.5 Å². The average Bonchev–Trinajstić information content (AvgIpc) is 3.44. The summed E-state index contributed by atoms with van der Waals surface area (Å²) in [5.41, 5.74) is -1.95. The largest absolute Gasteiger partial charge is 0.465 e. The van der Waals surface area contributed by atoms with Crippen molar-refractivity contribution >= 4 is 17.8 Å². The lowest BCUT2D eigenvalue weighted by atomic mass is 9.65. The van der Waals surface area contributed by atoms with Gasteiger partial charge in [0.1, 0.15) is 17.6 Å². The van der Waals surface area contributed by atoms with Crippen LogP contribution in [0.4, 0.5) is 0 Å². The van der Waals surface area contributed by atoms with Gasteiger partial charge < -0.3 is 24.4 Å². The van der Waals surface area contributed by atoms with Crippen molar-refractivity contribution in [2.75, 3.05) is 19.8 Å². The summed E-state index contributed by atoms with van der Waals surface area (Å²) in [7, 11) is 0. The molecule has 3 saturated heterocycles. The maximum atomic E-state index is 14.1. The lowest BCUT2D eigenvalue weighted by Gasteiger charge is -2.40. The third-order valence-corrected chi connectivity index (χ3v) is 8.21. The van der Waals surface area contributed by atoms with E-state index in [9.17, 15) is 19.5 Å². The van der Waals surface area contributed by atoms with Gasteiger partial charge in [0.05, 0.1) is 30.8 Å². The number of hydrogen-bond acceptors (Lipinski definition) is 6. The van der Waals surface area contributed by atoms with Gasteiger partial charge in [-0.3, -0.25) is 14.4 Å². The van der Waals surface area contributed by atoms with Crippen molar-refractivity contribution in [3.05, 3.63) is 25.3 Å². The fraction of sp³-hybridized carbons (Fsp3) is 0.741. The second kappa shape index (κ2) is 10.8. The molecule has 35 heavy (non-hydrogen) atoms. The molecule has 0 saturated carbocycles. The first-order chi connectivity index (χ1) is 16.7. The Morgan fingerprint density at radius 2 is 2.00 bits per heavy atom. The molecular weight excluding hydrogens is 448 g/mol. The van der Waals surface area contributed by atoms with Crippen molar-refractivity contribution in [2.24, 2.45) is 11.8 Å². The van der Waals surface area contributed by atoms with Gasteiger partial charge in [0.25, 0.3) is 0 Å². The second-order valence-electron chi connectivity index (χ2n) is 10.3. The minimum atomic E-state index is -1.12. The van der Waals surface area contributed by atoms with Crippen molar-refractivity contribution in [3.63, 3.8) is 0 Å². The molecule has 3 aliphatic rings. The normalized spacial score (nSPS) is 32.0. The molecule has 1 N–H and O–H groups in total. The Morgan fingerprint density at radius 3 is 2.54 bits per heavy atom. The fourth-order valence-corrected chi connectivity index (χ4v) is 6.44. The monoisotopic (exact) mass is 490 g/mol. The molecule has 3 fully saturated rings. The number of allylic oxidation sites excluding steroid dienone is 1. The minimum absolute atomic E-state index is 0.119. The first-order valence-corrected chi connectivity index (χ1v) is 13.0.